The van der Waals surface area contributed by atoms with E-state index >= 15 is 0 Å². The number of nitro groups is 1. The van der Waals surface area contributed by atoms with Crippen molar-refractivity contribution in [3.8, 4) is 0 Å². The summed E-state index contributed by atoms with van der Waals surface area (Å²) in [7, 11) is 0. The second-order valence-electron chi connectivity index (χ2n) is 3.27. The van der Waals surface area contributed by atoms with Gasteiger partial charge in [-0.3, -0.25) is 10.1 Å². The number of nitrogens with one attached hydrogen (secondary N) is 1. The molecule has 0 saturated heterocycles. The van der Waals surface area contributed by atoms with E-state index in [2.05, 4.69) is 26.2 Å². The fraction of sp³-hybridized carbons (Fsp3) is 0.444. The van der Waals surface area contributed by atoms with Gasteiger partial charge in [0.15, 0.2) is 0 Å². The molecular weight excluding hydrogens is 276 g/mol. The smallest absolute Gasteiger partial charge is 0.288 e. The van der Waals surface area contributed by atoms with Crippen molar-refractivity contribution in [2.45, 2.75) is 19.4 Å². The standard InChI is InChI=1S/C9H13BrN4O2/c1-2-6(4-11)13-9-8(10)3-7(5-12-9)14(15)16/h3,5-6H,2,4,11H2,1H3,(H,12,13). The lowest BCUT2D eigenvalue weighted by atomic mass is 10.2. The molecule has 88 valence electrons. The number of aromatic nitrogens is 1. The molecule has 1 rings (SSSR count). The lowest BCUT2D eigenvalue weighted by Crippen LogP contribution is -2.28. The summed E-state index contributed by atoms with van der Waals surface area (Å²) in [6.45, 7) is 2.49. The van der Waals surface area contributed by atoms with E-state index in [1.54, 1.807) is 0 Å². The summed E-state index contributed by atoms with van der Waals surface area (Å²) >= 11 is 3.23. The van der Waals surface area contributed by atoms with Crippen molar-refractivity contribution in [3.63, 3.8) is 0 Å². The van der Waals surface area contributed by atoms with E-state index < -0.39 is 4.92 Å². The topological polar surface area (TPSA) is 94.1 Å². The van der Waals surface area contributed by atoms with Gasteiger partial charge >= 0.3 is 0 Å². The van der Waals surface area contributed by atoms with Crippen LogP contribution >= 0.6 is 15.9 Å². The van der Waals surface area contributed by atoms with Crippen molar-refractivity contribution in [2.75, 3.05) is 11.9 Å². The molecule has 1 atom stereocenters. The monoisotopic (exact) mass is 288 g/mol. The van der Waals surface area contributed by atoms with Gasteiger partial charge in [-0.25, -0.2) is 4.98 Å². The summed E-state index contributed by atoms with van der Waals surface area (Å²) in [6.07, 6.45) is 2.08. The summed E-state index contributed by atoms with van der Waals surface area (Å²) in [5.41, 5.74) is 5.50. The zero-order chi connectivity index (χ0) is 12.1. The quantitative estimate of drug-likeness (QED) is 0.637. The maximum atomic E-state index is 10.5. The lowest BCUT2D eigenvalue weighted by Gasteiger charge is -2.15. The van der Waals surface area contributed by atoms with Crippen LogP contribution in [-0.2, 0) is 0 Å². The van der Waals surface area contributed by atoms with Crippen LogP contribution in [0.2, 0.25) is 0 Å². The summed E-state index contributed by atoms with van der Waals surface area (Å²) < 4.78 is 0.564. The molecule has 16 heavy (non-hydrogen) atoms. The molecule has 0 aliphatic heterocycles. The molecule has 0 spiro atoms. The predicted molar refractivity (Wildman–Crippen MR) is 65.3 cm³/mol. The number of nitrogens with zero attached hydrogens (tertiary/aromatic N) is 2. The van der Waals surface area contributed by atoms with Crippen LogP contribution in [0.5, 0.6) is 0 Å². The van der Waals surface area contributed by atoms with Gasteiger partial charge in [-0.2, -0.15) is 0 Å². The molecule has 0 radical (unpaired) electrons. The maximum Gasteiger partial charge on any atom is 0.288 e. The second kappa shape index (κ2) is 5.76. The Balaban J connectivity index is 2.86. The Morgan fingerprint density at radius 1 is 1.75 bits per heavy atom. The molecule has 0 bridgehead atoms. The highest BCUT2D eigenvalue weighted by molar-refractivity contribution is 9.10. The van der Waals surface area contributed by atoms with Crippen molar-refractivity contribution in [3.05, 3.63) is 26.9 Å². The van der Waals surface area contributed by atoms with Crippen LogP contribution < -0.4 is 11.1 Å². The molecule has 6 nitrogen and oxygen atoms in total. The van der Waals surface area contributed by atoms with E-state index in [1.807, 2.05) is 6.92 Å². The van der Waals surface area contributed by atoms with Crippen LogP contribution in [0.1, 0.15) is 13.3 Å². The SMILES string of the molecule is CCC(CN)Nc1ncc([N+](=O)[O-])cc1Br. The van der Waals surface area contributed by atoms with Crippen molar-refractivity contribution < 1.29 is 4.92 Å². The van der Waals surface area contributed by atoms with Gasteiger partial charge in [0, 0.05) is 18.7 Å². The molecule has 0 aromatic carbocycles. The number of anilines is 1. The number of nitrogens with two attached hydrogens (primary N) is 1. The molecule has 3 N–H and O–H groups in total. The van der Waals surface area contributed by atoms with Gasteiger partial charge in [0.25, 0.3) is 5.69 Å². The maximum absolute atomic E-state index is 10.5. The minimum atomic E-state index is -0.484. The molecule has 1 heterocycles. The Hall–Kier alpha value is -1.21. The first-order valence-electron chi connectivity index (χ1n) is 4.85. The molecule has 7 heteroatoms. The zero-order valence-corrected chi connectivity index (χ0v) is 10.4. The number of pyridine rings is 1. The molecule has 0 fully saturated rings. The Kier molecular flexibility index (Phi) is 4.63. The van der Waals surface area contributed by atoms with Gasteiger partial charge in [-0.15, -0.1) is 0 Å². The van der Waals surface area contributed by atoms with E-state index in [4.69, 9.17) is 5.73 Å². The fourth-order valence-electron chi connectivity index (χ4n) is 1.15. The van der Waals surface area contributed by atoms with Crippen LogP contribution in [0, 0.1) is 10.1 Å². The molecule has 0 amide bonds. The van der Waals surface area contributed by atoms with Crippen molar-refractivity contribution in [1.82, 2.24) is 4.98 Å². The van der Waals surface area contributed by atoms with Crippen molar-refractivity contribution >= 4 is 27.4 Å². The molecule has 0 aliphatic rings. The first kappa shape index (κ1) is 12.9. The fourth-order valence-corrected chi connectivity index (χ4v) is 1.61. The first-order valence-corrected chi connectivity index (χ1v) is 5.64. The highest BCUT2D eigenvalue weighted by atomic mass is 79.9. The van der Waals surface area contributed by atoms with Crippen LogP contribution in [0.4, 0.5) is 11.5 Å². The number of hydrogen-bond donors (Lipinski definition) is 2. The molecule has 1 aromatic rings. The average molecular weight is 289 g/mol. The van der Waals surface area contributed by atoms with E-state index in [0.717, 1.165) is 6.42 Å². The minimum absolute atomic E-state index is 0.0433. The normalized spacial score (nSPS) is 12.2. The van der Waals surface area contributed by atoms with Crippen LogP contribution in [0.3, 0.4) is 0 Å². The zero-order valence-electron chi connectivity index (χ0n) is 8.81. The Bertz CT molecular complexity index is 382. The Morgan fingerprint density at radius 2 is 2.44 bits per heavy atom. The number of rotatable bonds is 5. The van der Waals surface area contributed by atoms with Gasteiger partial charge < -0.3 is 11.1 Å². The Labute approximate surface area is 102 Å². The number of hydrogen-bond acceptors (Lipinski definition) is 5. The minimum Gasteiger partial charge on any atom is -0.365 e. The third-order valence-corrected chi connectivity index (χ3v) is 2.76. The molecule has 0 saturated carbocycles. The van der Waals surface area contributed by atoms with E-state index in [-0.39, 0.29) is 11.7 Å². The van der Waals surface area contributed by atoms with Gasteiger partial charge in [0.05, 0.1) is 9.40 Å². The largest absolute Gasteiger partial charge is 0.365 e. The van der Waals surface area contributed by atoms with Crippen LogP contribution in [0.25, 0.3) is 0 Å². The Morgan fingerprint density at radius 3 is 2.88 bits per heavy atom. The lowest BCUT2D eigenvalue weighted by molar-refractivity contribution is -0.385. The highest BCUT2D eigenvalue weighted by Gasteiger charge is 2.12. The van der Waals surface area contributed by atoms with E-state index in [0.29, 0.717) is 16.8 Å². The molecular formula is C9H13BrN4O2. The predicted octanol–water partition coefficient (Wildman–Crippen LogP) is 1.90. The van der Waals surface area contributed by atoms with Crippen molar-refractivity contribution in [2.24, 2.45) is 5.73 Å². The highest BCUT2D eigenvalue weighted by Crippen LogP contribution is 2.24. The van der Waals surface area contributed by atoms with Crippen LogP contribution in [-0.4, -0.2) is 22.5 Å². The van der Waals surface area contributed by atoms with Crippen LogP contribution in [0.15, 0.2) is 16.7 Å². The van der Waals surface area contributed by atoms with Gasteiger partial charge in [0.1, 0.15) is 12.0 Å². The summed E-state index contributed by atoms with van der Waals surface area (Å²) in [4.78, 5) is 14.0. The van der Waals surface area contributed by atoms with Gasteiger partial charge in [0.2, 0.25) is 0 Å². The summed E-state index contributed by atoms with van der Waals surface area (Å²) in [5.74, 6) is 0.572. The average Bonchev–Trinajstić information content (AvgIpc) is 2.27. The summed E-state index contributed by atoms with van der Waals surface area (Å²) in [6, 6.07) is 1.53. The van der Waals surface area contributed by atoms with Gasteiger partial charge in [-0.05, 0) is 22.4 Å². The second-order valence-corrected chi connectivity index (χ2v) is 4.12. The molecule has 0 aliphatic carbocycles. The molecule has 1 unspecified atom stereocenters. The first-order chi connectivity index (χ1) is 7.58. The van der Waals surface area contributed by atoms with Crippen molar-refractivity contribution in [1.29, 1.82) is 0 Å². The van der Waals surface area contributed by atoms with E-state index in [1.165, 1.54) is 12.3 Å². The third kappa shape index (κ3) is 3.14. The van der Waals surface area contributed by atoms with Gasteiger partial charge in [-0.1, -0.05) is 6.92 Å². The summed E-state index contributed by atoms with van der Waals surface area (Å²) in [5, 5.41) is 13.6. The molecule has 1 aromatic heterocycles. The van der Waals surface area contributed by atoms with E-state index in [9.17, 15) is 10.1 Å². The number of halogens is 1. The third-order valence-electron chi connectivity index (χ3n) is 2.16.